The number of amides is 1. The molecular weight excluding hydrogens is 292 g/mol. The summed E-state index contributed by atoms with van der Waals surface area (Å²) >= 11 is 0. The summed E-state index contributed by atoms with van der Waals surface area (Å²) in [5.41, 5.74) is 5.09. The molecule has 0 saturated heterocycles. The fraction of sp³-hybridized carbons (Fsp3) is 0.786. The molecule has 6 nitrogen and oxygen atoms in total. The molecule has 1 heterocycles. The van der Waals surface area contributed by atoms with Crippen LogP contribution in [0.2, 0.25) is 0 Å². The Morgan fingerprint density at radius 1 is 1.29 bits per heavy atom. The predicted octanol–water partition coefficient (Wildman–Crippen LogP) is 1.97. The first-order valence-electron chi connectivity index (χ1n) is 6.98. The number of nitrogens with two attached hydrogens (primary N) is 1. The van der Waals surface area contributed by atoms with E-state index < -0.39 is 0 Å². The molecule has 7 heteroatoms. The van der Waals surface area contributed by atoms with Gasteiger partial charge in [-0.15, -0.1) is 12.4 Å². The first-order chi connectivity index (χ1) is 9.14. The van der Waals surface area contributed by atoms with Crippen LogP contribution >= 0.6 is 12.4 Å². The standard InChI is InChI=1S/C14H26N4O2.ClH/c1-13(2,3)12-16-11(20-18-12)8-6-7-10(19)17-14(4,5)9-15;/h6-9,15H2,1-5H3,(H,17,19);1H. The van der Waals surface area contributed by atoms with Crippen LogP contribution in [0.5, 0.6) is 0 Å². The quantitative estimate of drug-likeness (QED) is 0.836. The summed E-state index contributed by atoms with van der Waals surface area (Å²) in [6.45, 7) is 10.3. The number of nitrogens with one attached hydrogen (secondary N) is 1. The van der Waals surface area contributed by atoms with Gasteiger partial charge in [-0.2, -0.15) is 4.98 Å². The fourth-order valence-electron chi connectivity index (χ4n) is 1.55. The predicted molar refractivity (Wildman–Crippen MR) is 84.5 cm³/mol. The lowest BCUT2D eigenvalue weighted by atomic mass is 9.96. The van der Waals surface area contributed by atoms with Gasteiger partial charge in [0.25, 0.3) is 0 Å². The lowest BCUT2D eigenvalue weighted by molar-refractivity contribution is -0.122. The normalized spacial score (nSPS) is 11.9. The molecular formula is C14H27ClN4O2. The van der Waals surface area contributed by atoms with Crippen molar-refractivity contribution in [2.75, 3.05) is 6.54 Å². The number of hydrogen-bond donors (Lipinski definition) is 2. The summed E-state index contributed by atoms with van der Waals surface area (Å²) in [6, 6.07) is 0. The van der Waals surface area contributed by atoms with Gasteiger partial charge in [-0.05, 0) is 20.3 Å². The van der Waals surface area contributed by atoms with E-state index >= 15 is 0 Å². The van der Waals surface area contributed by atoms with Crippen LogP contribution in [0, 0.1) is 0 Å². The zero-order valence-electron chi connectivity index (χ0n) is 13.5. The SMILES string of the molecule is CC(C)(CN)NC(=O)CCCc1nc(C(C)(C)C)no1.Cl. The van der Waals surface area contributed by atoms with Crippen LogP contribution in [0.1, 0.15) is 59.2 Å². The molecule has 1 aromatic rings. The van der Waals surface area contributed by atoms with Crippen molar-refractivity contribution < 1.29 is 9.32 Å². The molecule has 3 N–H and O–H groups in total. The molecule has 21 heavy (non-hydrogen) atoms. The smallest absolute Gasteiger partial charge is 0.226 e. The van der Waals surface area contributed by atoms with Crippen LogP contribution in [0.25, 0.3) is 0 Å². The van der Waals surface area contributed by atoms with Crippen molar-refractivity contribution in [2.24, 2.45) is 5.73 Å². The third-order valence-corrected chi connectivity index (χ3v) is 2.92. The van der Waals surface area contributed by atoms with Crippen LogP contribution in [0.15, 0.2) is 4.52 Å². The summed E-state index contributed by atoms with van der Waals surface area (Å²) in [5, 5.41) is 6.85. The van der Waals surface area contributed by atoms with Crippen LogP contribution < -0.4 is 11.1 Å². The molecule has 0 aliphatic carbocycles. The topological polar surface area (TPSA) is 94.0 Å². The number of carbonyl (C=O) groups excluding carboxylic acids is 1. The van der Waals surface area contributed by atoms with E-state index in [1.165, 1.54) is 0 Å². The highest BCUT2D eigenvalue weighted by atomic mass is 35.5. The van der Waals surface area contributed by atoms with Crippen LogP contribution in [0.3, 0.4) is 0 Å². The highest BCUT2D eigenvalue weighted by Crippen LogP contribution is 2.18. The largest absolute Gasteiger partial charge is 0.350 e. The average Bonchev–Trinajstić information content (AvgIpc) is 2.77. The van der Waals surface area contributed by atoms with Crippen molar-refractivity contribution >= 4 is 18.3 Å². The van der Waals surface area contributed by atoms with Crippen molar-refractivity contribution in [1.29, 1.82) is 0 Å². The fourth-order valence-corrected chi connectivity index (χ4v) is 1.55. The zero-order chi connectivity index (χ0) is 15.4. The minimum absolute atomic E-state index is 0. The van der Waals surface area contributed by atoms with Gasteiger partial charge >= 0.3 is 0 Å². The minimum Gasteiger partial charge on any atom is -0.350 e. The molecule has 1 rings (SSSR count). The molecule has 0 radical (unpaired) electrons. The lowest BCUT2D eigenvalue weighted by Crippen LogP contribution is -2.48. The summed E-state index contributed by atoms with van der Waals surface area (Å²) in [6.07, 6.45) is 1.72. The molecule has 0 bridgehead atoms. The maximum Gasteiger partial charge on any atom is 0.226 e. The van der Waals surface area contributed by atoms with E-state index in [-0.39, 0.29) is 29.3 Å². The van der Waals surface area contributed by atoms with Crippen LogP contribution in [-0.2, 0) is 16.6 Å². The second-order valence-electron chi connectivity index (χ2n) is 6.75. The van der Waals surface area contributed by atoms with Gasteiger partial charge in [0.05, 0.1) is 0 Å². The molecule has 1 aromatic heterocycles. The monoisotopic (exact) mass is 318 g/mol. The van der Waals surface area contributed by atoms with Crippen molar-refractivity contribution in [2.45, 2.75) is 64.8 Å². The Hall–Kier alpha value is -1.14. The number of halogens is 1. The molecule has 0 aliphatic rings. The first-order valence-corrected chi connectivity index (χ1v) is 6.98. The van der Waals surface area contributed by atoms with E-state index in [4.69, 9.17) is 10.3 Å². The van der Waals surface area contributed by atoms with Crippen LogP contribution in [-0.4, -0.2) is 28.1 Å². The third-order valence-electron chi connectivity index (χ3n) is 2.92. The molecule has 0 atom stereocenters. The summed E-state index contributed by atoms with van der Waals surface area (Å²) in [7, 11) is 0. The zero-order valence-corrected chi connectivity index (χ0v) is 14.3. The van der Waals surface area contributed by atoms with E-state index in [0.29, 0.717) is 37.5 Å². The number of nitrogens with zero attached hydrogens (tertiary/aromatic N) is 2. The first kappa shape index (κ1) is 19.9. The Kier molecular flexibility index (Phi) is 7.33. The highest BCUT2D eigenvalue weighted by Gasteiger charge is 2.21. The van der Waals surface area contributed by atoms with Gasteiger partial charge in [0.1, 0.15) is 0 Å². The highest BCUT2D eigenvalue weighted by molar-refractivity contribution is 5.85. The Balaban J connectivity index is 0.00000400. The second kappa shape index (κ2) is 7.75. The van der Waals surface area contributed by atoms with Gasteiger partial charge in [-0.3, -0.25) is 4.79 Å². The maximum absolute atomic E-state index is 11.7. The number of rotatable bonds is 6. The summed E-state index contributed by atoms with van der Waals surface area (Å²) < 4.78 is 5.18. The van der Waals surface area contributed by atoms with Crippen molar-refractivity contribution in [3.05, 3.63) is 11.7 Å². The van der Waals surface area contributed by atoms with E-state index in [0.717, 1.165) is 0 Å². The van der Waals surface area contributed by atoms with E-state index in [9.17, 15) is 4.79 Å². The Morgan fingerprint density at radius 2 is 1.90 bits per heavy atom. The van der Waals surface area contributed by atoms with Crippen molar-refractivity contribution in [3.8, 4) is 0 Å². The number of aromatic nitrogens is 2. The van der Waals surface area contributed by atoms with E-state index in [1.807, 2.05) is 34.6 Å². The third kappa shape index (κ3) is 6.91. The molecule has 1 amide bonds. The van der Waals surface area contributed by atoms with Crippen LogP contribution in [0.4, 0.5) is 0 Å². The minimum atomic E-state index is -0.360. The Bertz CT molecular complexity index is 452. The molecule has 0 saturated carbocycles. The van der Waals surface area contributed by atoms with E-state index in [2.05, 4.69) is 15.5 Å². The van der Waals surface area contributed by atoms with Crippen molar-refractivity contribution in [3.63, 3.8) is 0 Å². The van der Waals surface area contributed by atoms with Gasteiger partial charge in [0.2, 0.25) is 11.8 Å². The maximum atomic E-state index is 11.7. The molecule has 0 aromatic carbocycles. The molecule has 0 unspecified atom stereocenters. The van der Waals surface area contributed by atoms with Gasteiger partial charge in [0.15, 0.2) is 5.82 Å². The average molecular weight is 319 g/mol. The van der Waals surface area contributed by atoms with Gasteiger partial charge in [-0.25, -0.2) is 0 Å². The van der Waals surface area contributed by atoms with Crippen molar-refractivity contribution in [1.82, 2.24) is 15.5 Å². The van der Waals surface area contributed by atoms with Gasteiger partial charge in [-0.1, -0.05) is 25.9 Å². The Labute approximate surface area is 132 Å². The second-order valence-corrected chi connectivity index (χ2v) is 6.75. The lowest BCUT2D eigenvalue weighted by Gasteiger charge is -2.24. The number of carbonyl (C=O) groups is 1. The summed E-state index contributed by atoms with van der Waals surface area (Å²) in [5.74, 6) is 1.28. The summed E-state index contributed by atoms with van der Waals surface area (Å²) in [4.78, 5) is 16.1. The van der Waals surface area contributed by atoms with E-state index in [1.54, 1.807) is 0 Å². The molecule has 122 valence electrons. The molecule has 0 fully saturated rings. The van der Waals surface area contributed by atoms with Gasteiger partial charge in [0, 0.05) is 30.3 Å². The number of hydrogen-bond acceptors (Lipinski definition) is 5. The van der Waals surface area contributed by atoms with Gasteiger partial charge < -0.3 is 15.6 Å². The molecule has 0 aliphatic heterocycles. The molecule has 0 spiro atoms. The number of aryl methyl sites for hydroxylation is 1. The Morgan fingerprint density at radius 3 is 2.38 bits per heavy atom.